The van der Waals surface area contributed by atoms with Gasteiger partial charge in [0.05, 0.1) is 14.2 Å². The second-order valence-electron chi connectivity index (χ2n) is 5.71. The zero-order valence-electron chi connectivity index (χ0n) is 13.1. The Morgan fingerprint density at radius 3 is 2.50 bits per heavy atom. The second kappa shape index (κ2) is 7.13. The van der Waals surface area contributed by atoms with Crippen LogP contribution in [0.1, 0.15) is 27.2 Å². The Labute approximate surface area is 122 Å². The maximum atomic E-state index is 7.18. The highest BCUT2D eigenvalue weighted by molar-refractivity contribution is 5.69. The van der Waals surface area contributed by atoms with E-state index in [1.807, 2.05) is 0 Å². The number of ether oxygens (including phenoxy) is 2. The van der Waals surface area contributed by atoms with Crippen LogP contribution in [0.2, 0.25) is 0 Å². The van der Waals surface area contributed by atoms with E-state index in [0.717, 1.165) is 6.42 Å². The molecule has 3 nitrogen and oxygen atoms in total. The normalized spacial score (nSPS) is 22.9. The van der Waals surface area contributed by atoms with Crippen LogP contribution in [0, 0.1) is 16.7 Å². The van der Waals surface area contributed by atoms with Gasteiger partial charge in [0.25, 0.3) is 0 Å². The zero-order valence-corrected chi connectivity index (χ0v) is 13.1. The van der Waals surface area contributed by atoms with Gasteiger partial charge in [-0.1, -0.05) is 37.6 Å². The van der Waals surface area contributed by atoms with Crippen LogP contribution < -0.4 is 0 Å². The lowest BCUT2D eigenvalue weighted by atomic mass is 9.81. The van der Waals surface area contributed by atoms with Gasteiger partial charge in [-0.05, 0) is 24.8 Å². The van der Waals surface area contributed by atoms with Crippen LogP contribution >= 0.6 is 0 Å². The molecule has 0 aromatic carbocycles. The first kappa shape index (κ1) is 16.3. The van der Waals surface area contributed by atoms with Gasteiger partial charge in [0.2, 0.25) is 0 Å². The minimum Gasteiger partial charge on any atom is -0.493 e. The Morgan fingerprint density at radius 1 is 1.30 bits per heavy atom. The van der Waals surface area contributed by atoms with E-state index in [1.165, 1.54) is 11.8 Å². The van der Waals surface area contributed by atoms with Gasteiger partial charge < -0.3 is 14.9 Å². The molecule has 0 bridgehead atoms. The van der Waals surface area contributed by atoms with Gasteiger partial charge >= 0.3 is 0 Å². The number of nitrogens with one attached hydrogen (secondary N) is 1. The molecule has 1 unspecified atom stereocenters. The van der Waals surface area contributed by atoms with Crippen molar-refractivity contribution in [2.45, 2.75) is 27.2 Å². The van der Waals surface area contributed by atoms with E-state index in [-0.39, 0.29) is 5.41 Å². The first-order valence-corrected chi connectivity index (χ1v) is 6.80. The quantitative estimate of drug-likeness (QED) is 0.463. The summed E-state index contributed by atoms with van der Waals surface area (Å²) in [6, 6.07) is 0. The van der Waals surface area contributed by atoms with E-state index < -0.39 is 0 Å². The first-order valence-electron chi connectivity index (χ1n) is 6.80. The Hall–Kier alpha value is -1.77. The summed E-state index contributed by atoms with van der Waals surface area (Å²) in [4.78, 5) is 0. The van der Waals surface area contributed by atoms with Crippen molar-refractivity contribution in [3.8, 4) is 0 Å². The van der Waals surface area contributed by atoms with Gasteiger partial charge in [0, 0.05) is 18.2 Å². The molecule has 1 aliphatic carbocycles. The third-order valence-corrected chi connectivity index (χ3v) is 3.51. The van der Waals surface area contributed by atoms with E-state index in [9.17, 15) is 0 Å². The molecule has 0 spiro atoms. The Balaban J connectivity index is 3.10. The summed E-state index contributed by atoms with van der Waals surface area (Å²) in [7, 11) is 3.21. The van der Waals surface area contributed by atoms with Crippen LogP contribution in [0.15, 0.2) is 47.5 Å². The molecule has 0 saturated carbocycles. The summed E-state index contributed by atoms with van der Waals surface area (Å²) < 4.78 is 10.7. The minimum atomic E-state index is 0.146. The topological polar surface area (TPSA) is 42.3 Å². The predicted molar refractivity (Wildman–Crippen MR) is 83.8 cm³/mol. The molecule has 1 atom stereocenters. The second-order valence-corrected chi connectivity index (χ2v) is 5.71. The van der Waals surface area contributed by atoms with Crippen molar-refractivity contribution >= 4 is 6.21 Å². The molecule has 0 aromatic rings. The Morgan fingerprint density at radius 2 is 1.95 bits per heavy atom. The van der Waals surface area contributed by atoms with E-state index in [2.05, 4.69) is 45.1 Å². The van der Waals surface area contributed by atoms with Crippen molar-refractivity contribution in [1.82, 2.24) is 0 Å². The first-order chi connectivity index (χ1) is 9.43. The van der Waals surface area contributed by atoms with Crippen LogP contribution in [0.3, 0.4) is 0 Å². The fraction of sp³-hybridized carbons (Fsp3) is 0.471. The summed E-state index contributed by atoms with van der Waals surface area (Å²) in [5.74, 6) is 1.54. The van der Waals surface area contributed by atoms with Gasteiger partial charge in [-0.15, -0.1) is 0 Å². The molecule has 1 aliphatic rings. The Kier molecular flexibility index (Phi) is 5.81. The highest BCUT2D eigenvalue weighted by Gasteiger charge is 2.23. The highest BCUT2D eigenvalue weighted by atomic mass is 16.5. The summed E-state index contributed by atoms with van der Waals surface area (Å²) in [6.07, 6.45) is 12.4. The molecule has 1 rings (SSSR count). The van der Waals surface area contributed by atoms with Crippen LogP contribution in [-0.4, -0.2) is 20.4 Å². The molecule has 0 aliphatic heterocycles. The lowest BCUT2D eigenvalue weighted by molar-refractivity contribution is 0.217. The van der Waals surface area contributed by atoms with E-state index >= 15 is 0 Å². The van der Waals surface area contributed by atoms with Gasteiger partial charge in [0.15, 0.2) is 11.5 Å². The van der Waals surface area contributed by atoms with Gasteiger partial charge in [-0.25, -0.2) is 0 Å². The highest BCUT2D eigenvalue weighted by Crippen LogP contribution is 2.35. The summed E-state index contributed by atoms with van der Waals surface area (Å²) in [6.45, 7) is 6.59. The van der Waals surface area contributed by atoms with E-state index in [0.29, 0.717) is 17.4 Å². The van der Waals surface area contributed by atoms with Crippen molar-refractivity contribution in [3.05, 3.63) is 47.5 Å². The molecule has 110 valence electrons. The zero-order chi connectivity index (χ0) is 15.2. The van der Waals surface area contributed by atoms with Gasteiger partial charge in [0.1, 0.15) is 0 Å². The van der Waals surface area contributed by atoms with E-state index in [4.69, 9.17) is 14.9 Å². The summed E-state index contributed by atoms with van der Waals surface area (Å²) >= 11 is 0. The molecule has 0 aromatic heterocycles. The average Bonchev–Trinajstić information content (AvgIpc) is 2.52. The SMILES string of the molecule is COC(=C\C1CC(C)(C)C=CC=C1C)/C(=C\C=N)OC. The van der Waals surface area contributed by atoms with Crippen molar-refractivity contribution in [1.29, 1.82) is 5.41 Å². The molecule has 3 heteroatoms. The third kappa shape index (κ3) is 4.41. The van der Waals surface area contributed by atoms with Gasteiger partial charge in [-0.3, -0.25) is 0 Å². The van der Waals surface area contributed by atoms with Crippen molar-refractivity contribution in [3.63, 3.8) is 0 Å². The maximum Gasteiger partial charge on any atom is 0.161 e. The van der Waals surface area contributed by atoms with Crippen LogP contribution in [0.25, 0.3) is 0 Å². The van der Waals surface area contributed by atoms with Crippen molar-refractivity contribution < 1.29 is 9.47 Å². The number of hydrogen-bond donors (Lipinski definition) is 1. The smallest absolute Gasteiger partial charge is 0.161 e. The van der Waals surface area contributed by atoms with E-state index in [1.54, 1.807) is 20.3 Å². The molecular weight excluding hydrogens is 250 g/mol. The predicted octanol–water partition coefficient (Wildman–Crippen LogP) is 4.25. The van der Waals surface area contributed by atoms with Crippen molar-refractivity contribution in [2.24, 2.45) is 11.3 Å². The fourth-order valence-electron chi connectivity index (χ4n) is 2.33. The molecule has 0 saturated heterocycles. The molecule has 0 amide bonds. The largest absolute Gasteiger partial charge is 0.493 e. The standard InChI is InChI=1S/C17H25NO2/c1-13-7-6-9-17(2,3)12-14(13)11-16(20-5)15(19-4)8-10-18/h6-11,14,18H,12H2,1-5H3/b15-8+,16-11-,18-10?. The number of hydrogen-bond acceptors (Lipinski definition) is 3. The Bertz CT molecular complexity index is 467. The van der Waals surface area contributed by atoms with Crippen LogP contribution in [-0.2, 0) is 9.47 Å². The summed E-state index contributed by atoms with van der Waals surface area (Å²) in [5, 5.41) is 7.18. The van der Waals surface area contributed by atoms with Crippen LogP contribution in [0.5, 0.6) is 0 Å². The molecular formula is C17H25NO2. The summed E-state index contributed by atoms with van der Waals surface area (Å²) in [5.41, 5.74) is 1.44. The molecule has 0 fully saturated rings. The molecule has 0 heterocycles. The maximum absolute atomic E-state index is 7.18. The van der Waals surface area contributed by atoms with Crippen molar-refractivity contribution in [2.75, 3.05) is 14.2 Å². The monoisotopic (exact) mass is 275 g/mol. The molecule has 0 radical (unpaired) electrons. The minimum absolute atomic E-state index is 0.146. The lowest BCUT2D eigenvalue weighted by Crippen LogP contribution is -2.14. The van der Waals surface area contributed by atoms with Crippen LogP contribution in [0.4, 0.5) is 0 Å². The molecule has 1 N–H and O–H groups in total. The fourth-order valence-corrected chi connectivity index (χ4v) is 2.33. The molecule has 20 heavy (non-hydrogen) atoms. The third-order valence-electron chi connectivity index (χ3n) is 3.51. The number of rotatable bonds is 5. The average molecular weight is 275 g/mol. The van der Waals surface area contributed by atoms with Gasteiger partial charge in [-0.2, -0.15) is 0 Å². The number of allylic oxidation sites excluding steroid dienone is 6. The lowest BCUT2D eigenvalue weighted by Gasteiger charge is -2.24. The number of methoxy groups -OCH3 is 2.